The van der Waals surface area contributed by atoms with Crippen molar-refractivity contribution in [3.63, 3.8) is 0 Å². The number of rotatable bonds is 7. The maximum Gasteiger partial charge on any atom is 0.0521 e. The Labute approximate surface area is 82.0 Å². The lowest BCUT2D eigenvalue weighted by Crippen LogP contribution is -1.92. The summed E-state index contributed by atoms with van der Waals surface area (Å²) in [6.07, 6.45) is 12.6. The van der Waals surface area contributed by atoms with Gasteiger partial charge in [0.2, 0.25) is 0 Å². The molecule has 1 radical (unpaired) electrons. The van der Waals surface area contributed by atoms with E-state index in [9.17, 15) is 0 Å². The Morgan fingerprint density at radius 3 is 2.50 bits per heavy atom. The maximum atomic E-state index is 5.98. The molecule has 0 bridgehead atoms. The van der Waals surface area contributed by atoms with Crippen molar-refractivity contribution in [2.45, 2.75) is 57.7 Å². The predicted molar refractivity (Wildman–Crippen MR) is 56.5 cm³/mol. The van der Waals surface area contributed by atoms with Crippen LogP contribution in [0.3, 0.4) is 0 Å². The van der Waals surface area contributed by atoms with E-state index in [0.717, 1.165) is 6.42 Å². The molecule has 12 heavy (non-hydrogen) atoms. The molecule has 0 spiro atoms. The fourth-order valence-electron chi connectivity index (χ4n) is 1.21. The van der Waals surface area contributed by atoms with Gasteiger partial charge in [0.15, 0.2) is 0 Å². The molecule has 0 aliphatic carbocycles. The quantitative estimate of drug-likeness (QED) is 0.411. The van der Waals surface area contributed by atoms with Crippen LogP contribution in [0.1, 0.15) is 52.4 Å². The zero-order valence-electron chi connectivity index (χ0n) is 8.28. The summed E-state index contributed by atoms with van der Waals surface area (Å²) in [5, 5.41) is 0.205. The van der Waals surface area contributed by atoms with Crippen LogP contribution < -0.4 is 0 Å². The van der Waals surface area contributed by atoms with E-state index in [-0.39, 0.29) is 5.38 Å². The second-order valence-electron chi connectivity index (χ2n) is 3.17. The molecule has 0 aromatic carbocycles. The summed E-state index contributed by atoms with van der Waals surface area (Å²) < 4.78 is 0. The standard InChI is InChI=1S/C11H20Cl/c1-3-5-6-7-8-10-11(12)9-4-2/h9,11H,3,5-8,10H2,1-2H3. The minimum absolute atomic E-state index is 0.205. The van der Waals surface area contributed by atoms with Gasteiger partial charge in [0, 0.05) is 0 Å². The van der Waals surface area contributed by atoms with E-state index in [0.29, 0.717) is 0 Å². The van der Waals surface area contributed by atoms with Crippen LogP contribution in [-0.4, -0.2) is 5.38 Å². The molecule has 71 valence electrons. The Morgan fingerprint density at radius 1 is 1.25 bits per heavy atom. The highest BCUT2D eigenvalue weighted by Gasteiger charge is 1.97. The smallest absolute Gasteiger partial charge is 0.0521 e. The lowest BCUT2D eigenvalue weighted by Gasteiger charge is -2.02. The molecule has 0 heterocycles. The van der Waals surface area contributed by atoms with Gasteiger partial charge in [-0.25, -0.2) is 0 Å². The molecule has 0 aromatic rings. The van der Waals surface area contributed by atoms with Gasteiger partial charge < -0.3 is 0 Å². The van der Waals surface area contributed by atoms with Crippen molar-refractivity contribution in [2.24, 2.45) is 0 Å². The van der Waals surface area contributed by atoms with Crippen molar-refractivity contribution in [3.8, 4) is 0 Å². The molecule has 0 N–H and O–H groups in total. The molecule has 1 unspecified atom stereocenters. The van der Waals surface area contributed by atoms with E-state index in [1.165, 1.54) is 32.1 Å². The van der Waals surface area contributed by atoms with Gasteiger partial charge >= 0.3 is 0 Å². The summed E-state index contributed by atoms with van der Waals surface area (Å²) in [6, 6.07) is 0. The molecule has 0 rings (SSSR count). The second-order valence-corrected chi connectivity index (χ2v) is 3.73. The predicted octanol–water partition coefficient (Wildman–Crippen LogP) is 4.33. The Morgan fingerprint density at radius 2 is 1.92 bits per heavy atom. The van der Waals surface area contributed by atoms with Gasteiger partial charge in [-0.15, -0.1) is 11.6 Å². The van der Waals surface area contributed by atoms with Crippen LogP contribution in [0.25, 0.3) is 0 Å². The van der Waals surface area contributed by atoms with Crippen LogP contribution in [0.15, 0.2) is 6.08 Å². The van der Waals surface area contributed by atoms with Crippen LogP contribution in [0.2, 0.25) is 0 Å². The molecule has 0 saturated carbocycles. The van der Waals surface area contributed by atoms with E-state index in [1.807, 2.05) is 13.0 Å². The van der Waals surface area contributed by atoms with Crippen LogP contribution >= 0.6 is 11.6 Å². The molecule has 0 amide bonds. The third kappa shape index (κ3) is 8.13. The minimum Gasteiger partial charge on any atom is -0.118 e. The number of hydrogen-bond donors (Lipinski definition) is 0. The largest absolute Gasteiger partial charge is 0.118 e. The summed E-state index contributed by atoms with van der Waals surface area (Å²) in [6.45, 7) is 4.13. The first-order valence-electron chi connectivity index (χ1n) is 4.96. The Balaban J connectivity index is 3.08. The normalized spacial score (nSPS) is 13.9. The van der Waals surface area contributed by atoms with Crippen molar-refractivity contribution in [2.75, 3.05) is 0 Å². The number of allylic oxidation sites excluding steroid dienone is 2. The molecule has 1 heteroatoms. The molecule has 0 saturated heterocycles. The van der Waals surface area contributed by atoms with Crippen molar-refractivity contribution >= 4 is 11.6 Å². The minimum atomic E-state index is 0.205. The van der Waals surface area contributed by atoms with Crippen LogP contribution in [0.5, 0.6) is 0 Å². The van der Waals surface area contributed by atoms with E-state index < -0.39 is 0 Å². The monoisotopic (exact) mass is 187 g/mol. The zero-order valence-corrected chi connectivity index (χ0v) is 9.03. The first kappa shape index (κ1) is 12.0. The summed E-state index contributed by atoms with van der Waals surface area (Å²) in [5.41, 5.74) is 0. The molecule has 0 aliphatic rings. The van der Waals surface area contributed by atoms with E-state index in [4.69, 9.17) is 11.6 Å². The van der Waals surface area contributed by atoms with Crippen molar-refractivity contribution < 1.29 is 0 Å². The Bertz CT molecular complexity index is 108. The van der Waals surface area contributed by atoms with Gasteiger partial charge in [0.1, 0.15) is 0 Å². The van der Waals surface area contributed by atoms with E-state index >= 15 is 0 Å². The number of halogens is 1. The summed E-state index contributed by atoms with van der Waals surface area (Å²) in [7, 11) is 0. The lowest BCUT2D eigenvalue weighted by molar-refractivity contribution is 0.613. The maximum absolute atomic E-state index is 5.98. The van der Waals surface area contributed by atoms with Gasteiger partial charge in [0.05, 0.1) is 5.38 Å². The molecule has 0 nitrogen and oxygen atoms in total. The average Bonchev–Trinajstić information content (AvgIpc) is 2.05. The van der Waals surface area contributed by atoms with Crippen LogP contribution in [0, 0.1) is 6.08 Å². The van der Waals surface area contributed by atoms with Crippen molar-refractivity contribution in [1.29, 1.82) is 0 Å². The fourth-order valence-corrected chi connectivity index (χ4v) is 1.49. The van der Waals surface area contributed by atoms with Crippen molar-refractivity contribution in [1.82, 2.24) is 0 Å². The first-order valence-corrected chi connectivity index (χ1v) is 5.39. The Hall–Kier alpha value is 0.0300. The highest BCUT2D eigenvalue weighted by molar-refractivity contribution is 6.21. The zero-order chi connectivity index (χ0) is 9.23. The fraction of sp³-hybridized carbons (Fsp3) is 0.818. The van der Waals surface area contributed by atoms with Crippen LogP contribution in [-0.2, 0) is 0 Å². The molecular formula is C11H20Cl. The summed E-state index contributed by atoms with van der Waals surface area (Å²) in [5.74, 6) is 0. The third-order valence-corrected chi connectivity index (χ3v) is 2.28. The van der Waals surface area contributed by atoms with Gasteiger partial charge in [-0.2, -0.15) is 0 Å². The average molecular weight is 188 g/mol. The number of alkyl halides is 1. The Kier molecular flexibility index (Phi) is 9.14. The molecule has 0 aromatic heterocycles. The van der Waals surface area contributed by atoms with Gasteiger partial charge in [-0.1, -0.05) is 51.2 Å². The summed E-state index contributed by atoms with van der Waals surface area (Å²) >= 11 is 5.98. The van der Waals surface area contributed by atoms with E-state index in [1.54, 1.807) is 0 Å². The SMILES string of the molecule is C[C]=CC(Cl)CCCCCCC. The number of hydrogen-bond acceptors (Lipinski definition) is 0. The highest BCUT2D eigenvalue weighted by atomic mass is 35.5. The van der Waals surface area contributed by atoms with Gasteiger partial charge in [-0.05, 0) is 13.3 Å². The molecule has 0 fully saturated rings. The van der Waals surface area contributed by atoms with Crippen LogP contribution in [0.4, 0.5) is 0 Å². The topological polar surface area (TPSA) is 0 Å². The van der Waals surface area contributed by atoms with Crippen molar-refractivity contribution in [3.05, 3.63) is 12.2 Å². The summed E-state index contributed by atoms with van der Waals surface area (Å²) in [4.78, 5) is 0. The van der Waals surface area contributed by atoms with Gasteiger partial charge in [-0.3, -0.25) is 0 Å². The third-order valence-electron chi connectivity index (χ3n) is 1.93. The second kappa shape index (κ2) is 9.12. The lowest BCUT2D eigenvalue weighted by atomic mass is 10.1. The molecule has 1 atom stereocenters. The first-order chi connectivity index (χ1) is 5.81. The van der Waals surface area contributed by atoms with E-state index in [2.05, 4.69) is 13.0 Å². The molecular weight excluding hydrogens is 168 g/mol. The molecule has 0 aliphatic heterocycles. The van der Waals surface area contributed by atoms with Gasteiger partial charge in [0.25, 0.3) is 0 Å². The highest BCUT2D eigenvalue weighted by Crippen LogP contribution is 2.11. The number of unbranched alkanes of at least 4 members (excludes halogenated alkanes) is 4.